The quantitative estimate of drug-likeness (QED) is 0.339. The molecule has 8 heteroatoms. The Hall–Kier alpha value is -3.00. The van der Waals surface area contributed by atoms with E-state index in [0.29, 0.717) is 49.6 Å². The van der Waals surface area contributed by atoms with Crippen LogP contribution < -0.4 is 24.8 Å². The Bertz CT molecular complexity index is 770. The molecule has 0 aliphatic carbocycles. The van der Waals surface area contributed by atoms with Gasteiger partial charge in [0.15, 0.2) is 17.5 Å². The van der Waals surface area contributed by atoms with E-state index in [1.807, 2.05) is 43.3 Å². The number of hydrogen-bond acceptors (Lipinski definition) is 6. The van der Waals surface area contributed by atoms with Crippen LogP contribution >= 0.6 is 0 Å². The molecule has 0 saturated heterocycles. The van der Waals surface area contributed by atoms with Crippen LogP contribution in [0.4, 0.5) is 0 Å². The zero-order valence-corrected chi connectivity index (χ0v) is 17.5. The van der Waals surface area contributed by atoms with Crippen molar-refractivity contribution in [3.05, 3.63) is 48.2 Å². The normalized spacial score (nSPS) is 12.2. The van der Waals surface area contributed by atoms with Gasteiger partial charge in [-0.3, -0.25) is 4.99 Å². The van der Waals surface area contributed by atoms with Gasteiger partial charge in [0.25, 0.3) is 0 Å². The van der Waals surface area contributed by atoms with Crippen LogP contribution in [0, 0.1) is 0 Å². The highest BCUT2D eigenvalue weighted by atomic mass is 16.5. The molecule has 1 unspecified atom stereocenters. The molecule has 0 aliphatic heterocycles. The summed E-state index contributed by atoms with van der Waals surface area (Å²) in [6, 6.07) is 11.4. The molecule has 2 N–H and O–H groups in total. The van der Waals surface area contributed by atoms with Crippen LogP contribution in [0.15, 0.2) is 47.6 Å². The lowest BCUT2D eigenvalue weighted by atomic mass is 10.2. The van der Waals surface area contributed by atoms with Crippen molar-refractivity contribution in [3.63, 3.8) is 0 Å². The maximum absolute atomic E-state index is 5.96. The summed E-state index contributed by atoms with van der Waals surface area (Å²) in [5.41, 5.74) is 0.935. The molecule has 0 radical (unpaired) electrons. The standard InChI is InChI=1S/C21H30N4O4/c1-16(29-19-10-6-5-9-18(19)27-4)14-24-21(22-2)25-15-17-8-7-11-23-20(17)28-13-12-26-3/h5-11,16H,12-15H2,1-4H3,(H2,22,24,25). The third-order valence-corrected chi connectivity index (χ3v) is 4.00. The van der Waals surface area contributed by atoms with E-state index in [2.05, 4.69) is 20.6 Å². The number of ether oxygens (including phenoxy) is 4. The number of nitrogens with one attached hydrogen (secondary N) is 2. The lowest BCUT2D eigenvalue weighted by Gasteiger charge is -2.19. The molecule has 1 heterocycles. The molecule has 2 rings (SSSR count). The number of benzene rings is 1. The first kappa shape index (κ1) is 22.3. The van der Waals surface area contributed by atoms with Crippen molar-refractivity contribution in [1.29, 1.82) is 0 Å². The number of aromatic nitrogens is 1. The van der Waals surface area contributed by atoms with Crippen molar-refractivity contribution in [3.8, 4) is 17.4 Å². The maximum Gasteiger partial charge on any atom is 0.218 e. The van der Waals surface area contributed by atoms with E-state index in [0.717, 1.165) is 5.56 Å². The topological polar surface area (TPSA) is 86.2 Å². The van der Waals surface area contributed by atoms with E-state index in [-0.39, 0.29) is 6.10 Å². The predicted octanol–water partition coefficient (Wildman–Crippen LogP) is 2.25. The summed E-state index contributed by atoms with van der Waals surface area (Å²) in [5.74, 6) is 2.66. The van der Waals surface area contributed by atoms with E-state index in [1.165, 1.54) is 0 Å². The van der Waals surface area contributed by atoms with E-state index in [1.54, 1.807) is 27.5 Å². The second-order valence-electron chi connectivity index (χ2n) is 6.19. The fraction of sp³-hybridized carbons (Fsp3) is 0.429. The second kappa shape index (κ2) is 12.5. The minimum Gasteiger partial charge on any atom is -0.493 e. The van der Waals surface area contributed by atoms with Gasteiger partial charge in [0, 0.05) is 32.5 Å². The summed E-state index contributed by atoms with van der Waals surface area (Å²) in [6.45, 7) is 4.04. The van der Waals surface area contributed by atoms with Gasteiger partial charge >= 0.3 is 0 Å². The zero-order chi connectivity index (χ0) is 20.9. The Labute approximate surface area is 172 Å². The molecule has 0 spiro atoms. The predicted molar refractivity (Wildman–Crippen MR) is 113 cm³/mol. The summed E-state index contributed by atoms with van der Waals surface area (Å²) < 4.78 is 22.0. The van der Waals surface area contributed by atoms with Crippen LogP contribution in [0.5, 0.6) is 17.4 Å². The Morgan fingerprint density at radius 1 is 1.07 bits per heavy atom. The van der Waals surface area contributed by atoms with Crippen molar-refractivity contribution in [2.24, 2.45) is 4.99 Å². The second-order valence-corrected chi connectivity index (χ2v) is 6.19. The number of nitrogens with zero attached hydrogens (tertiary/aromatic N) is 2. The average Bonchev–Trinajstić information content (AvgIpc) is 2.75. The van der Waals surface area contributed by atoms with Gasteiger partial charge in [-0.15, -0.1) is 0 Å². The fourth-order valence-corrected chi connectivity index (χ4v) is 2.52. The number of aliphatic imine (C=N–C) groups is 1. The summed E-state index contributed by atoms with van der Waals surface area (Å²) in [4.78, 5) is 8.54. The highest BCUT2D eigenvalue weighted by molar-refractivity contribution is 5.79. The van der Waals surface area contributed by atoms with E-state index < -0.39 is 0 Å². The van der Waals surface area contributed by atoms with Crippen LogP contribution in [0.1, 0.15) is 12.5 Å². The minimum absolute atomic E-state index is 0.0869. The molecule has 1 aromatic heterocycles. The molecular weight excluding hydrogens is 372 g/mol. The monoisotopic (exact) mass is 402 g/mol. The van der Waals surface area contributed by atoms with Crippen LogP contribution in [-0.4, -0.2) is 58.1 Å². The van der Waals surface area contributed by atoms with Crippen molar-refractivity contribution < 1.29 is 18.9 Å². The summed E-state index contributed by atoms with van der Waals surface area (Å²) in [6.07, 6.45) is 1.62. The largest absolute Gasteiger partial charge is 0.493 e. The van der Waals surface area contributed by atoms with E-state index >= 15 is 0 Å². The van der Waals surface area contributed by atoms with Crippen molar-refractivity contribution >= 4 is 5.96 Å². The van der Waals surface area contributed by atoms with Crippen LogP contribution in [0.25, 0.3) is 0 Å². The number of pyridine rings is 1. The van der Waals surface area contributed by atoms with Gasteiger partial charge in [-0.1, -0.05) is 18.2 Å². The highest BCUT2D eigenvalue weighted by Gasteiger charge is 2.10. The Balaban J connectivity index is 1.84. The van der Waals surface area contributed by atoms with Gasteiger partial charge in [-0.05, 0) is 25.1 Å². The minimum atomic E-state index is -0.0869. The lowest BCUT2D eigenvalue weighted by Crippen LogP contribution is -2.41. The lowest BCUT2D eigenvalue weighted by molar-refractivity contribution is 0.143. The third kappa shape index (κ3) is 7.50. The van der Waals surface area contributed by atoms with Gasteiger partial charge < -0.3 is 29.6 Å². The Morgan fingerprint density at radius 3 is 2.59 bits per heavy atom. The molecule has 0 aliphatic rings. The van der Waals surface area contributed by atoms with Gasteiger partial charge in [0.05, 0.1) is 20.3 Å². The number of hydrogen-bond donors (Lipinski definition) is 2. The highest BCUT2D eigenvalue weighted by Crippen LogP contribution is 2.26. The first-order valence-electron chi connectivity index (χ1n) is 9.47. The molecule has 0 amide bonds. The van der Waals surface area contributed by atoms with Crippen LogP contribution in [0.3, 0.4) is 0 Å². The molecule has 1 atom stereocenters. The summed E-state index contributed by atoms with van der Waals surface area (Å²) in [5, 5.41) is 6.53. The molecule has 158 valence electrons. The molecule has 29 heavy (non-hydrogen) atoms. The van der Waals surface area contributed by atoms with Gasteiger partial charge in [0.1, 0.15) is 12.7 Å². The summed E-state index contributed by atoms with van der Waals surface area (Å²) in [7, 11) is 4.99. The SMILES string of the molecule is CN=C(NCc1cccnc1OCCOC)NCC(C)Oc1ccccc1OC. The number of methoxy groups -OCH3 is 2. The number of rotatable bonds is 11. The number of para-hydroxylation sites is 2. The van der Waals surface area contributed by atoms with Crippen molar-refractivity contribution in [2.45, 2.75) is 19.6 Å². The van der Waals surface area contributed by atoms with Crippen LogP contribution in [-0.2, 0) is 11.3 Å². The van der Waals surface area contributed by atoms with Crippen molar-refractivity contribution in [2.75, 3.05) is 41.0 Å². The molecular formula is C21H30N4O4. The first-order chi connectivity index (χ1) is 14.2. The molecule has 8 nitrogen and oxygen atoms in total. The van der Waals surface area contributed by atoms with E-state index in [9.17, 15) is 0 Å². The molecule has 2 aromatic rings. The average molecular weight is 402 g/mol. The van der Waals surface area contributed by atoms with Crippen LogP contribution in [0.2, 0.25) is 0 Å². The fourth-order valence-electron chi connectivity index (χ4n) is 2.52. The first-order valence-corrected chi connectivity index (χ1v) is 9.47. The Kier molecular flexibility index (Phi) is 9.57. The van der Waals surface area contributed by atoms with Gasteiger partial charge in [-0.2, -0.15) is 0 Å². The van der Waals surface area contributed by atoms with E-state index in [4.69, 9.17) is 18.9 Å². The summed E-state index contributed by atoms with van der Waals surface area (Å²) >= 11 is 0. The third-order valence-electron chi connectivity index (χ3n) is 4.00. The molecule has 0 saturated carbocycles. The smallest absolute Gasteiger partial charge is 0.218 e. The molecule has 0 bridgehead atoms. The zero-order valence-electron chi connectivity index (χ0n) is 17.5. The molecule has 0 fully saturated rings. The Morgan fingerprint density at radius 2 is 1.86 bits per heavy atom. The number of guanidine groups is 1. The van der Waals surface area contributed by atoms with Crippen molar-refractivity contribution in [1.82, 2.24) is 15.6 Å². The maximum atomic E-state index is 5.96. The van der Waals surface area contributed by atoms with Gasteiger partial charge in [-0.25, -0.2) is 4.98 Å². The molecule has 1 aromatic carbocycles. The van der Waals surface area contributed by atoms with Gasteiger partial charge in [0.2, 0.25) is 5.88 Å².